The number of halogens is 1. The van der Waals surface area contributed by atoms with Gasteiger partial charge >= 0.3 is 0 Å². The van der Waals surface area contributed by atoms with E-state index in [2.05, 4.69) is 28.6 Å². The lowest BCUT2D eigenvalue weighted by molar-refractivity contribution is 0.754. The van der Waals surface area contributed by atoms with Crippen LogP contribution in [0.3, 0.4) is 0 Å². The van der Waals surface area contributed by atoms with Gasteiger partial charge in [0.1, 0.15) is 0 Å². The molecule has 0 radical (unpaired) electrons. The zero-order chi connectivity index (χ0) is 7.40. The predicted octanol–water partition coefficient (Wildman–Crippen LogP) is 3.69. The quantitative estimate of drug-likeness (QED) is 0.697. The van der Waals surface area contributed by atoms with Crippen LogP contribution in [0.15, 0.2) is 22.5 Å². The predicted molar refractivity (Wildman–Crippen MR) is 52.4 cm³/mol. The van der Waals surface area contributed by atoms with Crippen LogP contribution < -0.4 is 0 Å². The van der Waals surface area contributed by atoms with Crippen molar-refractivity contribution >= 4 is 27.7 Å². The summed E-state index contributed by atoms with van der Waals surface area (Å²) in [5, 5.41) is 0.858. The zero-order valence-corrected chi connectivity index (χ0v) is 8.25. The average molecular weight is 219 g/mol. The van der Waals surface area contributed by atoms with Gasteiger partial charge in [-0.15, -0.1) is 11.8 Å². The highest BCUT2D eigenvalue weighted by Gasteiger charge is 2.20. The lowest BCUT2D eigenvalue weighted by Gasteiger charge is -2.26. The molecule has 0 aromatic rings. The first kappa shape index (κ1) is 8.41. The Morgan fingerprint density at radius 2 is 2.50 bits per heavy atom. The van der Waals surface area contributed by atoms with E-state index >= 15 is 0 Å². The van der Waals surface area contributed by atoms with Crippen LogP contribution in [0.4, 0.5) is 0 Å². The van der Waals surface area contributed by atoms with Crippen molar-refractivity contribution in [3.05, 3.63) is 22.5 Å². The summed E-state index contributed by atoms with van der Waals surface area (Å²) in [6.07, 6.45) is 5.88. The van der Waals surface area contributed by atoms with Crippen LogP contribution in [-0.2, 0) is 0 Å². The minimum Gasteiger partial charge on any atom is -0.127 e. The van der Waals surface area contributed by atoms with Crippen molar-refractivity contribution < 1.29 is 0 Å². The lowest BCUT2D eigenvalue weighted by atomic mass is 10.1. The van der Waals surface area contributed by atoms with E-state index in [-0.39, 0.29) is 0 Å². The molecule has 0 N–H and O–H groups in total. The molecule has 0 amide bonds. The van der Waals surface area contributed by atoms with Crippen molar-refractivity contribution in [3.8, 4) is 0 Å². The lowest BCUT2D eigenvalue weighted by Crippen LogP contribution is -2.12. The minimum absolute atomic E-state index is 0.858. The Kier molecular flexibility index (Phi) is 3.57. The molecule has 1 fully saturated rings. The number of thioether (sulfide) groups is 1. The van der Waals surface area contributed by atoms with Gasteiger partial charge in [-0.3, -0.25) is 0 Å². The van der Waals surface area contributed by atoms with Crippen LogP contribution in [0.5, 0.6) is 0 Å². The second-order valence-electron chi connectivity index (χ2n) is 2.42. The van der Waals surface area contributed by atoms with E-state index in [9.17, 15) is 0 Å². The van der Waals surface area contributed by atoms with Gasteiger partial charge in [-0.05, 0) is 29.2 Å². The zero-order valence-electron chi connectivity index (χ0n) is 5.85. The molecule has 1 saturated heterocycles. The van der Waals surface area contributed by atoms with Gasteiger partial charge < -0.3 is 0 Å². The summed E-state index contributed by atoms with van der Waals surface area (Å²) < 4.78 is 0. The molecule has 0 nitrogen and oxygen atoms in total. The standard InChI is InChI=1S/C8H11BrS/c1-7-6-8(10-7)4-2-3-5-9/h3,5,8H,1-2,4,6H2/b5-3-. The molecule has 0 spiro atoms. The van der Waals surface area contributed by atoms with E-state index in [0.717, 1.165) is 5.25 Å². The highest BCUT2D eigenvalue weighted by Crippen LogP contribution is 2.41. The fourth-order valence-corrected chi connectivity index (χ4v) is 2.26. The number of hydrogen-bond acceptors (Lipinski definition) is 1. The fraction of sp³-hybridized carbons (Fsp3) is 0.500. The molecular formula is C8H11BrS. The van der Waals surface area contributed by atoms with Crippen LogP contribution >= 0.6 is 27.7 Å². The first-order valence-corrected chi connectivity index (χ1v) is 5.22. The molecule has 1 rings (SSSR count). The van der Waals surface area contributed by atoms with Crippen molar-refractivity contribution in [3.63, 3.8) is 0 Å². The Hall–Kier alpha value is 0.310. The second kappa shape index (κ2) is 4.24. The Bertz CT molecular complexity index is 143. The highest BCUT2D eigenvalue weighted by atomic mass is 79.9. The van der Waals surface area contributed by atoms with Gasteiger partial charge in [0.05, 0.1) is 0 Å². The summed E-state index contributed by atoms with van der Waals surface area (Å²) in [4.78, 5) is 3.29. The van der Waals surface area contributed by atoms with Crippen LogP contribution in [-0.4, -0.2) is 5.25 Å². The molecule has 0 saturated carbocycles. The Morgan fingerprint density at radius 1 is 1.80 bits per heavy atom. The number of rotatable bonds is 3. The third-order valence-corrected chi connectivity index (χ3v) is 3.14. The van der Waals surface area contributed by atoms with Crippen molar-refractivity contribution in [2.75, 3.05) is 0 Å². The Balaban J connectivity index is 2.00. The van der Waals surface area contributed by atoms with Gasteiger partial charge in [-0.1, -0.05) is 28.6 Å². The topological polar surface area (TPSA) is 0 Å². The molecule has 1 heterocycles. The number of allylic oxidation sites excluding steroid dienone is 2. The molecule has 2 heteroatoms. The van der Waals surface area contributed by atoms with E-state index in [1.165, 1.54) is 24.2 Å². The second-order valence-corrected chi connectivity index (χ2v) is 4.43. The molecular weight excluding hydrogens is 208 g/mol. The summed E-state index contributed by atoms with van der Waals surface area (Å²) in [5.74, 6) is 0. The average Bonchev–Trinajstić information content (AvgIpc) is 1.85. The molecule has 1 unspecified atom stereocenters. The van der Waals surface area contributed by atoms with Crippen molar-refractivity contribution in [2.45, 2.75) is 24.5 Å². The van der Waals surface area contributed by atoms with Crippen LogP contribution in [0, 0.1) is 0 Å². The molecule has 1 aliphatic rings. The van der Waals surface area contributed by atoms with Crippen molar-refractivity contribution in [1.29, 1.82) is 0 Å². The van der Waals surface area contributed by atoms with E-state index in [1.807, 2.05) is 16.7 Å². The van der Waals surface area contributed by atoms with Crippen LogP contribution in [0.25, 0.3) is 0 Å². The molecule has 0 bridgehead atoms. The molecule has 56 valence electrons. The van der Waals surface area contributed by atoms with Crippen LogP contribution in [0.2, 0.25) is 0 Å². The SMILES string of the molecule is C=C1CC(CC/C=C\Br)S1. The maximum Gasteiger partial charge on any atom is 0.0139 e. The molecule has 0 aromatic heterocycles. The number of hydrogen-bond donors (Lipinski definition) is 0. The van der Waals surface area contributed by atoms with Gasteiger partial charge in [0.2, 0.25) is 0 Å². The molecule has 1 atom stereocenters. The van der Waals surface area contributed by atoms with Crippen LogP contribution in [0.1, 0.15) is 19.3 Å². The maximum absolute atomic E-state index is 3.87. The van der Waals surface area contributed by atoms with Gasteiger partial charge in [-0.25, -0.2) is 0 Å². The Morgan fingerprint density at radius 3 is 3.00 bits per heavy atom. The van der Waals surface area contributed by atoms with Crippen molar-refractivity contribution in [1.82, 2.24) is 0 Å². The van der Waals surface area contributed by atoms with Gasteiger partial charge in [0.25, 0.3) is 0 Å². The largest absolute Gasteiger partial charge is 0.127 e. The van der Waals surface area contributed by atoms with Crippen molar-refractivity contribution in [2.24, 2.45) is 0 Å². The highest BCUT2D eigenvalue weighted by molar-refractivity contribution is 9.11. The first-order valence-electron chi connectivity index (χ1n) is 3.42. The van der Waals surface area contributed by atoms with E-state index in [0.29, 0.717) is 0 Å². The minimum atomic E-state index is 0.858. The molecule has 1 aliphatic heterocycles. The summed E-state index contributed by atoms with van der Waals surface area (Å²) in [5.41, 5.74) is 0. The smallest absolute Gasteiger partial charge is 0.0139 e. The molecule has 10 heavy (non-hydrogen) atoms. The van der Waals surface area contributed by atoms with E-state index < -0.39 is 0 Å². The van der Waals surface area contributed by atoms with E-state index in [1.54, 1.807) is 0 Å². The normalized spacial score (nSPS) is 25.3. The monoisotopic (exact) mass is 218 g/mol. The van der Waals surface area contributed by atoms with Gasteiger partial charge in [-0.2, -0.15) is 0 Å². The molecule has 0 aliphatic carbocycles. The maximum atomic E-state index is 3.87. The third kappa shape index (κ3) is 2.51. The summed E-state index contributed by atoms with van der Waals surface area (Å²) in [7, 11) is 0. The fourth-order valence-electron chi connectivity index (χ4n) is 0.986. The van der Waals surface area contributed by atoms with E-state index in [4.69, 9.17) is 0 Å². The summed E-state index contributed by atoms with van der Waals surface area (Å²) in [6, 6.07) is 0. The third-order valence-electron chi connectivity index (χ3n) is 1.53. The summed E-state index contributed by atoms with van der Waals surface area (Å²) >= 11 is 5.18. The Labute approximate surface area is 74.9 Å². The molecule has 0 aromatic carbocycles. The summed E-state index contributed by atoms with van der Waals surface area (Å²) in [6.45, 7) is 3.87. The van der Waals surface area contributed by atoms with Gasteiger partial charge in [0, 0.05) is 5.25 Å². The first-order chi connectivity index (χ1) is 4.83. The van der Waals surface area contributed by atoms with Gasteiger partial charge in [0.15, 0.2) is 0 Å².